The lowest BCUT2D eigenvalue weighted by Gasteiger charge is -2.29. The summed E-state index contributed by atoms with van der Waals surface area (Å²) in [6.07, 6.45) is 26.0. The highest BCUT2D eigenvalue weighted by Crippen LogP contribution is 2.21. The lowest BCUT2D eigenvalue weighted by molar-refractivity contribution is -0.00000678. The third-order valence-electron chi connectivity index (χ3n) is 6.80. The van der Waals surface area contributed by atoms with Crippen LogP contribution in [0.5, 0.6) is 0 Å². The van der Waals surface area contributed by atoms with E-state index in [9.17, 15) is 0 Å². The first-order valence-electron chi connectivity index (χ1n) is 13.5. The number of quaternary nitrogens is 1. The summed E-state index contributed by atoms with van der Waals surface area (Å²) in [5.41, 5.74) is 2.79. The Bertz CT molecular complexity index is 494. The Labute approximate surface area is 202 Å². The van der Waals surface area contributed by atoms with E-state index < -0.39 is 0 Å². The lowest BCUT2D eigenvalue weighted by atomic mass is 10.0. The third-order valence-corrected chi connectivity index (χ3v) is 6.80. The summed E-state index contributed by atoms with van der Waals surface area (Å²) in [6.45, 7) is 5.72. The molecule has 0 saturated carbocycles. The Morgan fingerprint density at radius 2 is 0.839 bits per heavy atom. The molecule has 0 unspecified atom stereocenters. The molecule has 0 bridgehead atoms. The Balaban J connectivity index is 0.00000900. The van der Waals surface area contributed by atoms with E-state index in [1.54, 1.807) is 0 Å². The normalized spacial score (nSPS) is 11.5. The second-order valence-electron chi connectivity index (χ2n) is 10.3. The second-order valence-corrected chi connectivity index (χ2v) is 10.3. The molecule has 0 aliphatic heterocycles. The Morgan fingerprint density at radius 1 is 0.516 bits per heavy atom. The SMILES string of the molecule is CCCCCCCCCCCCCCCCCCCC[N+](C)(C)c1ccc(C)cc1.[Cl-]. The average molecular weight is 452 g/mol. The number of aryl methyl sites for hydroxylation is 1. The van der Waals surface area contributed by atoms with E-state index in [1.165, 1.54) is 133 Å². The minimum Gasteiger partial charge on any atom is -1.00 e. The Morgan fingerprint density at radius 3 is 1.19 bits per heavy atom. The zero-order valence-corrected chi connectivity index (χ0v) is 22.3. The standard InChI is InChI=1S/C29H54N.ClH/c1-5-6-7-8-9-10-11-12-13-14-15-16-17-18-19-20-21-22-27-30(3,4)29-25-23-28(2)24-26-29;/h23-26H,5-22,27H2,1-4H3;1H/q+1;/p-1. The average Bonchev–Trinajstić information content (AvgIpc) is 2.73. The zero-order valence-electron chi connectivity index (χ0n) is 21.6. The maximum Gasteiger partial charge on any atom is 0.132 e. The smallest absolute Gasteiger partial charge is 0.132 e. The van der Waals surface area contributed by atoms with Crippen LogP contribution in [0.4, 0.5) is 5.69 Å². The number of benzene rings is 1. The van der Waals surface area contributed by atoms with E-state index in [0.29, 0.717) is 0 Å². The largest absolute Gasteiger partial charge is 1.00 e. The fraction of sp³-hybridized carbons (Fsp3) is 0.793. The lowest BCUT2D eigenvalue weighted by Crippen LogP contribution is -3.00. The van der Waals surface area contributed by atoms with Gasteiger partial charge in [-0.25, -0.2) is 0 Å². The number of unbranched alkanes of at least 4 members (excludes halogenated alkanes) is 17. The topological polar surface area (TPSA) is 0 Å². The van der Waals surface area contributed by atoms with Crippen LogP contribution in [-0.2, 0) is 0 Å². The van der Waals surface area contributed by atoms with Crippen LogP contribution in [0.2, 0.25) is 0 Å². The molecule has 0 aromatic heterocycles. The molecule has 0 fully saturated rings. The highest BCUT2D eigenvalue weighted by atomic mass is 35.5. The van der Waals surface area contributed by atoms with Crippen LogP contribution in [0.25, 0.3) is 0 Å². The molecule has 0 N–H and O–H groups in total. The van der Waals surface area contributed by atoms with Gasteiger partial charge in [-0.05, 0) is 31.9 Å². The number of hydrogen-bond acceptors (Lipinski definition) is 0. The molecule has 0 atom stereocenters. The fourth-order valence-corrected chi connectivity index (χ4v) is 4.49. The first-order valence-corrected chi connectivity index (χ1v) is 13.5. The molecule has 0 saturated heterocycles. The van der Waals surface area contributed by atoms with Gasteiger partial charge >= 0.3 is 0 Å². The quantitative estimate of drug-likeness (QED) is 0.154. The van der Waals surface area contributed by atoms with Gasteiger partial charge in [0.05, 0.1) is 20.6 Å². The van der Waals surface area contributed by atoms with E-state index in [4.69, 9.17) is 0 Å². The van der Waals surface area contributed by atoms with Crippen molar-refractivity contribution in [1.29, 1.82) is 0 Å². The predicted octanol–water partition coefficient (Wildman–Crippen LogP) is 6.61. The molecular formula is C29H54ClN. The highest BCUT2D eigenvalue weighted by Gasteiger charge is 2.17. The molecule has 1 nitrogen and oxygen atoms in total. The zero-order chi connectivity index (χ0) is 21.9. The van der Waals surface area contributed by atoms with Crippen LogP contribution >= 0.6 is 0 Å². The van der Waals surface area contributed by atoms with E-state index in [0.717, 1.165) is 4.48 Å². The number of rotatable bonds is 20. The minimum absolute atomic E-state index is 0. The maximum absolute atomic E-state index is 2.35. The monoisotopic (exact) mass is 451 g/mol. The van der Waals surface area contributed by atoms with Crippen LogP contribution < -0.4 is 16.9 Å². The molecular weight excluding hydrogens is 398 g/mol. The number of hydrogen-bond donors (Lipinski definition) is 0. The van der Waals surface area contributed by atoms with Gasteiger partial charge in [0, 0.05) is 0 Å². The number of halogens is 1. The van der Waals surface area contributed by atoms with Gasteiger partial charge in [0.1, 0.15) is 5.69 Å². The fourth-order valence-electron chi connectivity index (χ4n) is 4.49. The third kappa shape index (κ3) is 16.7. The van der Waals surface area contributed by atoms with E-state index in [-0.39, 0.29) is 12.4 Å². The van der Waals surface area contributed by atoms with Crippen molar-refractivity contribution in [1.82, 2.24) is 4.48 Å². The summed E-state index contributed by atoms with van der Waals surface area (Å²) in [5, 5.41) is 0. The molecule has 0 heterocycles. The molecule has 31 heavy (non-hydrogen) atoms. The summed E-state index contributed by atoms with van der Waals surface area (Å²) >= 11 is 0. The molecule has 0 aliphatic rings. The summed E-state index contributed by atoms with van der Waals surface area (Å²) in [5.74, 6) is 0. The van der Waals surface area contributed by atoms with Crippen LogP contribution in [0, 0.1) is 6.92 Å². The Kier molecular flexibility index (Phi) is 19.8. The van der Waals surface area contributed by atoms with E-state index >= 15 is 0 Å². The van der Waals surface area contributed by atoms with Crippen molar-refractivity contribution in [3.8, 4) is 0 Å². The first-order chi connectivity index (χ1) is 14.6. The van der Waals surface area contributed by atoms with Crippen molar-refractivity contribution >= 4 is 5.69 Å². The molecule has 1 rings (SSSR count). The molecule has 182 valence electrons. The molecule has 1 aromatic rings. The van der Waals surface area contributed by atoms with Gasteiger partial charge in [-0.1, -0.05) is 127 Å². The van der Waals surface area contributed by atoms with Crippen molar-refractivity contribution in [2.24, 2.45) is 0 Å². The van der Waals surface area contributed by atoms with Crippen molar-refractivity contribution in [3.05, 3.63) is 29.8 Å². The van der Waals surface area contributed by atoms with Gasteiger partial charge in [-0.3, -0.25) is 4.48 Å². The van der Waals surface area contributed by atoms with Gasteiger partial charge in [0.2, 0.25) is 0 Å². The minimum atomic E-state index is 0. The molecule has 1 aromatic carbocycles. The van der Waals surface area contributed by atoms with Gasteiger partial charge < -0.3 is 12.4 Å². The molecule has 0 amide bonds. The predicted molar refractivity (Wildman–Crippen MR) is 138 cm³/mol. The molecule has 0 aliphatic carbocycles. The molecule has 0 radical (unpaired) electrons. The summed E-state index contributed by atoms with van der Waals surface area (Å²) in [7, 11) is 4.69. The van der Waals surface area contributed by atoms with Crippen molar-refractivity contribution < 1.29 is 12.4 Å². The second kappa shape index (κ2) is 20.1. The van der Waals surface area contributed by atoms with Crippen LogP contribution in [-0.4, -0.2) is 20.6 Å². The van der Waals surface area contributed by atoms with E-state index in [1.807, 2.05) is 0 Å². The highest BCUT2D eigenvalue weighted by molar-refractivity contribution is 5.43. The molecule has 0 spiro atoms. The van der Waals surface area contributed by atoms with Crippen LogP contribution in [0.15, 0.2) is 24.3 Å². The molecule has 2 heteroatoms. The van der Waals surface area contributed by atoms with Gasteiger partial charge in [0.25, 0.3) is 0 Å². The van der Waals surface area contributed by atoms with Crippen molar-refractivity contribution in [2.75, 3.05) is 20.6 Å². The Hall–Kier alpha value is -0.530. The first kappa shape index (κ1) is 30.5. The summed E-state index contributed by atoms with van der Waals surface area (Å²) in [6, 6.07) is 9.07. The number of nitrogens with zero attached hydrogens (tertiary/aromatic N) is 1. The summed E-state index contributed by atoms with van der Waals surface area (Å²) < 4.78 is 1.01. The summed E-state index contributed by atoms with van der Waals surface area (Å²) in [4.78, 5) is 0. The van der Waals surface area contributed by atoms with Gasteiger partial charge in [-0.15, -0.1) is 0 Å². The van der Waals surface area contributed by atoms with Crippen molar-refractivity contribution in [2.45, 2.75) is 129 Å². The van der Waals surface area contributed by atoms with Gasteiger partial charge in [0.15, 0.2) is 0 Å². The van der Waals surface area contributed by atoms with Crippen LogP contribution in [0.3, 0.4) is 0 Å². The van der Waals surface area contributed by atoms with Crippen molar-refractivity contribution in [3.63, 3.8) is 0 Å². The van der Waals surface area contributed by atoms with Gasteiger partial charge in [-0.2, -0.15) is 0 Å². The maximum atomic E-state index is 2.35. The van der Waals surface area contributed by atoms with E-state index in [2.05, 4.69) is 52.2 Å². The van der Waals surface area contributed by atoms with Crippen LogP contribution in [0.1, 0.15) is 128 Å².